The maximum atomic E-state index is 11.9. The van der Waals surface area contributed by atoms with Crippen LogP contribution in [-0.4, -0.2) is 25.4 Å². The van der Waals surface area contributed by atoms with E-state index < -0.39 is 5.91 Å². The molecule has 0 aromatic heterocycles. The monoisotopic (exact) mass is 387 g/mol. The van der Waals surface area contributed by atoms with Gasteiger partial charge in [-0.15, -0.1) is 0 Å². The van der Waals surface area contributed by atoms with Crippen LogP contribution in [0.1, 0.15) is 0 Å². The van der Waals surface area contributed by atoms with E-state index >= 15 is 0 Å². The molecule has 0 bridgehead atoms. The Labute approximate surface area is 153 Å². The van der Waals surface area contributed by atoms with Crippen molar-refractivity contribution in [1.29, 1.82) is 0 Å². The molecule has 5 nitrogen and oxygen atoms in total. The predicted octanol–water partition coefficient (Wildman–Crippen LogP) is 4.24. The van der Waals surface area contributed by atoms with Crippen LogP contribution in [0.25, 0.3) is 0 Å². The number of carbonyl (C=O) groups is 2. The summed E-state index contributed by atoms with van der Waals surface area (Å²) in [5, 5.41) is 3.69. The third kappa shape index (κ3) is 5.30. The van der Waals surface area contributed by atoms with Crippen molar-refractivity contribution in [1.82, 2.24) is 0 Å². The van der Waals surface area contributed by atoms with Gasteiger partial charge in [-0.2, -0.15) is 0 Å². The highest BCUT2D eigenvalue weighted by Gasteiger charge is 2.09. The number of rotatable bonds is 7. The molecule has 0 spiro atoms. The minimum Gasteiger partial charge on any atom is -0.485 e. The minimum absolute atomic E-state index is 0.0961. The van der Waals surface area contributed by atoms with Crippen molar-refractivity contribution < 1.29 is 19.1 Å². The van der Waals surface area contributed by atoms with Crippen LogP contribution in [0, 0.1) is 0 Å². The molecule has 1 amide bonds. The fraction of sp³-hybridized carbons (Fsp3) is 0.125. The van der Waals surface area contributed by atoms with E-state index in [4.69, 9.17) is 44.3 Å². The Morgan fingerprint density at radius 3 is 2.33 bits per heavy atom. The fourth-order valence-electron chi connectivity index (χ4n) is 1.75. The van der Waals surface area contributed by atoms with Crippen LogP contribution >= 0.6 is 34.8 Å². The topological polar surface area (TPSA) is 64.6 Å². The zero-order valence-corrected chi connectivity index (χ0v) is 14.5. The van der Waals surface area contributed by atoms with Crippen LogP contribution in [0.5, 0.6) is 11.5 Å². The molecule has 0 aliphatic rings. The lowest BCUT2D eigenvalue weighted by molar-refractivity contribution is -0.118. The first kappa shape index (κ1) is 18.4. The van der Waals surface area contributed by atoms with Crippen LogP contribution in [0.15, 0.2) is 36.4 Å². The van der Waals surface area contributed by atoms with Crippen molar-refractivity contribution in [3.63, 3.8) is 0 Å². The second kappa shape index (κ2) is 8.78. The van der Waals surface area contributed by atoms with Gasteiger partial charge in [-0.1, -0.05) is 34.8 Å². The number of carbonyl (C=O) groups excluding carboxylic acids is 2. The number of benzene rings is 2. The summed E-state index contributed by atoms with van der Waals surface area (Å²) in [6.07, 6.45) is 0.616. The van der Waals surface area contributed by atoms with E-state index in [0.29, 0.717) is 33.5 Å². The SMILES string of the molecule is O=CCOc1ccc(NC(=O)COc2ccc(Cl)cc2Cl)cc1Cl. The first-order chi connectivity index (χ1) is 11.5. The van der Waals surface area contributed by atoms with Crippen molar-refractivity contribution in [2.24, 2.45) is 0 Å². The highest BCUT2D eigenvalue weighted by Crippen LogP contribution is 2.28. The molecule has 0 radical (unpaired) electrons. The second-order valence-corrected chi connectivity index (χ2v) is 5.79. The Morgan fingerprint density at radius 1 is 1.00 bits per heavy atom. The molecular formula is C16H12Cl3NO4. The Bertz CT molecular complexity index is 752. The van der Waals surface area contributed by atoms with Gasteiger partial charge in [0.25, 0.3) is 5.91 Å². The Balaban J connectivity index is 1.92. The van der Waals surface area contributed by atoms with E-state index in [0.717, 1.165) is 0 Å². The summed E-state index contributed by atoms with van der Waals surface area (Å²) < 4.78 is 10.4. The van der Waals surface area contributed by atoms with Gasteiger partial charge in [-0.3, -0.25) is 9.59 Å². The van der Waals surface area contributed by atoms with Gasteiger partial charge in [0.05, 0.1) is 10.0 Å². The zero-order chi connectivity index (χ0) is 17.5. The van der Waals surface area contributed by atoms with Crippen LogP contribution < -0.4 is 14.8 Å². The molecule has 0 atom stereocenters. The van der Waals surface area contributed by atoms with Gasteiger partial charge in [-0.25, -0.2) is 0 Å². The van der Waals surface area contributed by atoms with Crippen molar-refractivity contribution in [2.75, 3.05) is 18.5 Å². The van der Waals surface area contributed by atoms with Gasteiger partial charge in [0.1, 0.15) is 18.1 Å². The Hall–Kier alpha value is -1.95. The van der Waals surface area contributed by atoms with Gasteiger partial charge < -0.3 is 14.8 Å². The summed E-state index contributed by atoms with van der Waals surface area (Å²) in [5.41, 5.74) is 0.467. The van der Waals surface area contributed by atoms with Crippen LogP contribution in [-0.2, 0) is 9.59 Å². The molecule has 0 saturated carbocycles. The molecule has 126 valence electrons. The van der Waals surface area contributed by atoms with E-state index in [1.807, 2.05) is 0 Å². The summed E-state index contributed by atoms with van der Waals surface area (Å²) in [5.74, 6) is 0.316. The summed E-state index contributed by atoms with van der Waals surface area (Å²) in [4.78, 5) is 22.2. The summed E-state index contributed by atoms with van der Waals surface area (Å²) in [6.45, 7) is -0.330. The standard InChI is InChI=1S/C16H12Cl3NO4/c17-10-1-3-15(12(18)7-10)24-9-16(22)20-11-2-4-14(13(19)8-11)23-6-5-21/h1-5,7-8H,6,9H2,(H,20,22). The van der Waals surface area contributed by atoms with Gasteiger partial charge in [0.2, 0.25) is 0 Å². The average Bonchev–Trinajstić information content (AvgIpc) is 2.53. The number of hydrogen-bond acceptors (Lipinski definition) is 4. The molecule has 2 aromatic rings. The molecule has 0 unspecified atom stereocenters. The molecule has 24 heavy (non-hydrogen) atoms. The molecule has 0 heterocycles. The molecule has 0 aliphatic carbocycles. The lowest BCUT2D eigenvalue weighted by Gasteiger charge is -2.10. The summed E-state index contributed by atoms with van der Waals surface area (Å²) >= 11 is 17.7. The molecule has 0 saturated heterocycles. The van der Waals surface area contributed by atoms with Crippen molar-refractivity contribution in [3.05, 3.63) is 51.5 Å². The van der Waals surface area contributed by atoms with Gasteiger partial charge >= 0.3 is 0 Å². The van der Waals surface area contributed by atoms with E-state index in [2.05, 4.69) is 5.32 Å². The Kier molecular flexibility index (Phi) is 6.73. The maximum absolute atomic E-state index is 11.9. The van der Waals surface area contributed by atoms with E-state index in [1.54, 1.807) is 24.3 Å². The average molecular weight is 389 g/mol. The molecule has 2 aromatic carbocycles. The zero-order valence-electron chi connectivity index (χ0n) is 12.2. The minimum atomic E-state index is -0.390. The number of anilines is 1. The van der Waals surface area contributed by atoms with Crippen molar-refractivity contribution >= 4 is 52.7 Å². The fourth-order valence-corrected chi connectivity index (χ4v) is 2.45. The molecule has 0 fully saturated rings. The lowest BCUT2D eigenvalue weighted by atomic mass is 10.3. The summed E-state index contributed by atoms with van der Waals surface area (Å²) in [6, 6.07) is 9.37. The van der Waals surface area contributed by atoms with E-state index in [1.165, 1.54) is 12.1 Å². The van der Waals surface area contributed by atoms with Crippen molar-refractivity contribution in [2.45, 2.75) is 0 Å². The number of nitrogens with one attached hydrogen (secondary N) is 1. The van der Waals surface area contributed by atoms with Crippen LogP contribution in [0.2, 0.25) is 15.1 Å². The second-order valence-electron chi connectivity index (χ2n) is 4.53. The quantitative estimate of drug-likeness (QED) is 0.721. The highest BCUT2D eigenvalue weighted by atomic mass is 35.5. The number of aldehydes is 1. The van der Waals surface area contributed by atoms with Gasteiger partial charge in [0, 0.05) is 10.7 Å². The number of hydrogen-bond donors (Lipinski definition) is 1. The third-order valence-corrected chi connectivity index (χ3v) is 3.60. The maximum Gasteiger partial charge on any atom is 0.262 e. The Morgan fingerprint density at radius 2 is 1.67 bits per heavy atom. The molecule has 0 aliphatic heterocycles. The normalized spacial score (nSPS) is 10.1. The van der Waals surface area contributed by atoms with Crippen LogP contribution in [0.4, 0.5) is 5.69 Å². The highest BCUT2D eigenvalue weighted by molar-refractivity contribution is 6.35. The smallest absolute Gasteiger partial charge is 0.262 e. The van der Waals surface area contributed by atoms with Crippen LogP contribution in [0.3, 0.4) is 0 Å². The van der Waals surface area contributed by atoms with Crippen molar-refractivity contribution in [3.8, 4) is 11.5 Å². The van der Waals surface area contributed by atoms with E-state index in [-0.39, 0.29) is 18.2 Å². The predicted molar refractivity (Wildman–Crippen MR) is 93.6 cm³/mol. The van der Waals surface area contributed by atoms with Gasteiger partial charge in [-0.05, 0) is 36.4 Å². The molecular weight excluding hydrogens is 377 g/mol. The third-order valence-electron chi connectivity index (χ3n) is 2.78. The number of ether oxygens (including phenoxy) is 2. The van der Waals surface area contributed by atoms with E-state index in [9.17, 15) is 9.59 Å². The molecule has 8 heteroatoms. The summed E-state index contributed by atoms with van der Waals surface area (Å²) in [7, 11) is 0. The first-order valence-electron chi connectivity index (χ1n) is 6.73. The number of halogens is 3. The lowest BCUT2D eigenvalue weighted by Crippen LogP contribution is -2.20. The van der Waals surface area contributed by atoms with Gasteiger partial charge in [0.15, 0.2) is 12.9 Å². The molecule has 2 rings (SSSR count). The largest absolute Gasteiger partial charge is 0.485 e. The molecule has 1 N–H and O–H groups in total. The number of amides is 1. The first-order valence-corrected chi connectivity index (χ1v) is 7.86.